The van der Waals surface area contributed by atoms with Crippen LogP contribution in [0.2, 0.25) is 0 Å². The van der Waals surface area contributed by atoms with Gasteiger partial charge in [-0.3, -0.25) is 0 Å². The van der Waals surface area contributed by atoms with Crippen LogP contribution < -0.4 is 0 Å². The van der Waals surface area contributed by atoms with Crippen molar-refractivity contribution < 1.29 is 23.8 Å². The smallest absolute Gasteiger partial charge is 0.337 e. The van der Waals surface area contributed by atoms with Crippen LogP contribution in [0.1, 0.15) is 26.7 Å². The molecule has 0 radical (unpaired) electrons. The summed E-state index contributed by atoms with van der Waals surface area (Å²) in [6.45, 7) is 4.67. The Morgan fingerprint density at radius 2 is 2.33 bits per heavy atom. The number of methoxy groups -OCH3 is 1. The van der Waals surface area contributed by atoms with Crippen molar-refractivity contribution in [2.75, 3.05) is 13.7 Å². The molecule has 0 bridgehead atoms. The molecule has 5 heteroatoms. The zero-order chi connectivity index (χ0) is 13.5. The van der Waals surface area contributed by atoms with Gasteiger partial charge >= 0.3 is 5.97 Å². The third-order valence-corrected chi connectivity index (χ3v) is 2.68. The molecule has 0 unspecified atom stereocenters. The van der Waals surface area contributed by atoms with E-state index < -0.39 is 12.3 Å². The number of hydrogen-bond donors (Lipinski definition) is 0. The van der Waals surface area contributed by atoms with E-state index in [4.69, 9.17) is 9.47 Å². The molecule has 5 nitrogen and oxygen atoms in total. The lowest BCUT2D eigenvalue weighted by Gasteiger charge is -2.28. The number of esters is 1. The highest BCUT2D eigenvalue weighted by Gasteiger charge is 2.30. The number of ether oxygens (including phenoxy) is 3. The second kappa shape index (κ2) is 7.16. The van der Waals surface area contributed by atoms with Gasteiger partial charge in [-0.05, 0) is 5.92 Å². The Labute approximate surface area is 107 Å². The molecule has 0 spiro atoms. The molecule has 1 rings (SSSR count). The molecule has 18 heavy (non-hydrogen) atoms. The summed E-state index contributed by atoms with van der Waals surface area (Å²) >= 11 is 0. The van der Waals surface area contributed by atoms with E-state index in [0.29, 0.717) is 24.5 Å². The van der Waals surface area contributed by atoms with Gasteiger partial charge in [0.05, 0.1) is 25.6 Å². The van der Waals surface area contributed by atoms with Crippen molar-refractivity contribution in [3.8, 4) is 0 Å². The van der Waals surface area contributed by atoms with Crippen molar-refractivity contribution in [2.24, 2.45) is 11.8 Å². The molecule has 102 valence electrons. The van der Waals surface area contributed by atoms with Crippen LogP contribution in [0.15, 0.2) is 11.8 Å². The van der Waals surface area contributed by atoms with E-state index in [1.54, 1.807) is 0 Å². The monoisotopic (exact) mass is 256 g/mol. The summed E-state index contributed by atoms with van der Waals surface area (Å²) in [6.07, 6.45) is 2.52. The zero-order valence-corrected chi connectivity index (χ0v) is 11.0. The third-order valence-electron chi connectivity index (χ3n) is 2.68. The first-order chi connectivity index (χ1) is 8.58. The van der Waals surface area contributed by atoms with Crippen LogP contribution in [0.5, 0.6) is 0 Å². The van der Waals surface area contributed by atoms with E-state index in [-0.39, 0.29) is 12.3 Å². The van der Waals surface area contributed by atoms with Crippen molar-refractivity contribution in [2.45, 2.75) is 33.0 Å². The number of rotatable bonds is 6. The van der Waals surface area contributed by atoms with Crippen LogP contribution in [0.4, 0.5) is 0 Å². The fourth-order valence-electron chi connectivity index (χ4n) is 1.74. The van der Waals surface area contributed by atoms with Crippen molar-refractivity contribution in [3.05, 3.63) is 11.8 Å². The second-order valence-corrected chi connectivity index (χ2v) is 4.69. The summed E-state index contributed by atoms with van der Waals surface area (Å²) in [7, 11) is 1.31. The summed E-state index contributed by atoms with van der Waals surface area (Å²) in [6, 6.07) is 0. The summed E-state index contributed by atoms with van der Waals surface area (Å²) < 4.78 is 15.5. The molecule has 0 fully saturated rings. The van der Waals surface area contributed by atoms with Crippen LogP contribution >= 0.6 is 0 Å². The van der Waals surface area contributed by atoms with Gasteiger partial charge in [0.25, 0.3) is 0 Å². The standard InChI is InChI=1S/C13H20O5/c1-9(2)7-17-12-6-10(4-5-14)11(8-18-12)13(15)16-3/h5,8-10,12H,4,6-7H2,1-3H3/t10-,12+/m0/s1. The van der Waals surface area contributed by atoms with Gasteiger partial charge in [-0.1, -0.05) is 13.8 Å². The zero-order valence-electron chi connectivity index (χ0n) is 11.0. The maximum atomic E-state index is 11.5. The van der Waals surface area contributed by atoms with Crippen LogP contribution in [-0.4, -0.2) is 32.3 Å². The maximum absolute atomic E-state index is 11.5. The van der Waals surface area contributed by atoms with Crippen molar-refractivity contribution >= 4 is 12.3 Å². The summed E-state index contributed by atoms with van der Waals surface area (Å²) in [5.74, 6) is -0.242. The lowest BCUT2D eigenvalue weighted by Crippen LogP contribution is -2.29. The molecule has 0 saturated carbocycles. The molecular formula is C13H20O5. The molecule has 1 heterocycles. The Hall–Kier alpha value is -1.36. The highest BCUT2D eigenvalue weighted by Crippen LogP contribution is 2.28. The van der Waals surface area contributed by atoms with Gasteiger partial charge in [0.2, 0.25) is 0 Å². The molecule has 1 aliphatic rings. The topological polar surface area (TPSA) is 61.8 Å². The minimum Gasteiger partial charge on any atom is -0.472 e. The molecule has 0 aromatic carbocycles. The molecule has 2 atom stereocenters. The van der Waals surface area contributed by atoms with Gasteiger partial charge in [0, 0.05) is 18.8 Å². The number of hydrogen-bond acceptors (Lipinski definition) is 5. The van der Waals surface area contributed by atoms with Gasteiger partial charge in [0.15, 0.2) is 6.29 Å². The fraction of sp³-hybridized carbons (Fsp3) is 0.692. The van der Waals surface area contributed by atoms with Gasteiger partial charge < -0.3 is 19.0 Å². The Kier molecular flexibility index (Phi) is 5.85. The third kappa shape index (κ3) is 4.14. The molecule has 0 saturated heterocycles. The summed E-state index contributed by atoms with van der Waals surface area (Å²) in [5.41, 5.74) is 0.397. The Balaban J connectivity index is 2.64. The minimum atomic E-state index is -0.454. The maximum Gasteiger partial charge on any atom is 0.337 e. The predicted octanol–water partition coefficient (Wildman–Crippen LogP) is 1.67. The highest BCUT2D eigenvalue weighted by molar-refractivity contribution is 5.89. The van der Waals surface area contributed by atoms with Gasteiger partial charge in [-0.15, -0.1) is 0 Å². The molecule has 0 N–H and O–H groups in total. The average Bonchev–Trinajstić information content (AvgIpc) is 2.36. The quantitative estimate of drug-likeness (QED) is 0.534. The van der Waals surface area contributed by atoms with Crippen LogP contribution in [0.25, 0.3) is 0 Å². The van der Waals surface area contributed by atoms with E-state index >= 15 is 0 Å². The summed E-state index contributed by atoms with van der Waals surface area (Å²) in [4.78, 5) is 22.1. The van der Waals surface area contributed by atoms with Crippen molar-refractivity contribution in [1.82, 2.24) is 0 Å². The predicted molar refractivity (Wildman–Crippen MR) is 64.6 cm³/mol. The average molecular weight is 256 g/mol. The molecule has 0 aliphatic carbocycles. The molecule has 0 aromatic heterocycles. The Morgan fingerprint density at radius 1 is 1.61 bits per heavy atom. The lowest BCUT2D eigenvalue weighted by molar-refractivity contribution is -0.146. The SMILES string of the molecule is COC(=O)C1=CO[C@@H](OCC(C)C)C[C@@H]1CC=O. The first kappa shape index (κ1) is 14.7. The van der Waals surface area contributed by atoms with E-state index in [1.165, 1.54) is 13.4 Å². The van der Waals surface area contributed by atoms with E-state index in [1.807, 2.05) is 13.8 Å². The number of carbonyl (C=O) groups is 2. The summed E-state index contributed by atoms with van der Waals surface area (Å²) in [5, 5.41) is 0. The van der Waals surface area contributed by atoms with E-state index in [0.717, 1.165) is 6.29 Å². The number of aldehydes is 1. The Bertz CT molecular complexity index is 321. The van der Waals surface area contributed by atoms with Crippen molar-refractivity contribution in [1.29, 1.82) is 0 Å². The first-order valence-corrected chi connectivity index (χ1v) is 6.07. The second-order valence-electron chi connectivity index (χ2n) is 4.69. The van der Waals surface area contributed by atoms with Gasteiger partial charge in [-0.2, -0.15) is 0 Å². The van der Waals surface area contributed by atoms with Crippen molar-refractivity contribution in [3.63, 3.8) is 0 Å². The van der Waals surface area contributed by atoms with Crippen LogP contribution in [0, 0.1) is 11.8 Å². The van der Waals surface area contributed by atoms with Crippen LogP contribution in [-0.2, 0) is 23.8 Å². The molecular weight excluding hydrogens is 236 g/mol. The van der Waals surface area contributed by atoms with Gasteiger partial charge in [0.1, 0.15) is 6.29 Å². The molecule has 1 aliphatic heterocycles. The molecule has 0 aromatic rings. The highest BCUT2D eigenvalue weighted by atomic mass is 16.7. The van der Waals surface area contributed by atoms with Gasteiger partial charge in [-0.25, -0.2) is 4.79 Å². The van der Waals surface area contributed by atoms with Crippen LogP contribution in [0.3, 0.4) is 0 Å². The fourth-order valence-corrected chi connectivity index (χ4v) is 1.74. The lowest BCUT2D eigenvalue weighted by atomic mass is 9.92. The van der Waals surface area contributed by atoms with E-state index in [9.17, 15) is 9.59 Å². The van der Waals surface area contributed by atoms with E-state index in [2.05, 4.69) is 4.74 Å². The molecule has 0 amide bonds. The largest absolute Gasteiger partial charge is 0.472 e. The first-order valence-electron chi connectivity index (χ1n) is 6.07. The number of carbonyl (C=O) groups excluding carboxylic acids is 2. The minimum absolute atomic E-state index is 0.194. The normalized spacial score (nSPS) is 23.2. The Morgan fingerprint density at radius 3 is 2.89 bits per heavy atom.